The zero-order chi connectivity index (χ0) is 18.5. The quantitative estimate of drug-likeness (QED) is 0.571. The Kier molecular flexibility index (Phi) is 6.00. The number of aromatic nitrogens is 3. The fourth-order valence-electron chi connectivity index (χ4n) is 2.60. The van der Waals surface area contributed by atoms with Gasteiger partial charge in [-0.1, -0.05) is 12.1 Å². The third-order valence-electron chi connectivity index (χ3n) is 4.24. The summed E-state index contributed by atoms with van der Waals surface area (Å²) in [7, 11) is 1.95. The Morgan fingerprint density at radius 1 is 1.19 bits per heavy atom. The highest BCUT2D eigenvalue weighted by atomic mass is 127. The number of hydrogen-bond acceptors (Lipinski definition) is 4. The van der Waals surface area contributed by atoms with Gasteiger partial charge in [0, 0.05) is 15.3 Å². The van der Waals surface area contributed by atoms with Gasteiger partial charge in [-0.3, -0.25) is 9.69 Å². The molecule has 134 valence electrons. The lowest BCUT2D eigenvalue weighted by Gasteiger charge is -2.24. The summed E-state index contributed by atoms with van der Waals surface area (Å²) in [5, 5.41) is 7.05. The monoisotopic (exact) mass is 461 g/mol. The number of anilines is 1. The van der Waals surface area contributed by atoms with Crippen LogP contribution in [-0.2, 0) is 4.79 Å². The van der Waals surface area contributed by atoms with Gasteiger partial charge in [-0.05, 0) is 78.5 Å². The van der Waals surface area contributed by atoms with Gasteiger partial charge in [-0.25, -0.2) is 9.67 Å². The van der Waals surface area contributed by atoms with Gasteiger partial charge in [0.2, 0.25) is 5.91 Å². The molecule has 3 aromatic rings. The molecule has 0 bridgehead atoms. The molecule has 1 aromatic heterocycles. The maximum Gasteiger partial charge on any atom is 0.238 e. The SMILES string of the molecule is C[C@H](c1ccc(-n2cncn2)cc1)N(C)CC(=O)Nc1ccc(I)cc1. The fraction of sp³-hybridized carbons (Fsp3) is 0.211. The topological polar surface area (TPSA) is 63.1 Å². The average Bonchev–Trinajstić information content (AvgIpc) is 3.18. The molecule has 2 aromatic carbocycles. The Labute approximate surface area is 166 Å². The van der Waals surface area contributed by atoms with Crippen LogP contribution in [0, 0.1) is 3.57 Å². The van der Waals surface area contributed by atoms with Gasteiger partial charge in [0.1, 0.15) is 12.7 Å². The van der Waals surface area contributed by atoms with Gasteiger partial charge < -0.3 is 5.32 Å². The van der Waals surface area contributed by atoms with Crippen molar-refractivity contribution in [1.29, 1.82) is 0 Å². The molecule has 26 heavy (non-hydrogen) atoms. The summed E-state index contributed by atoms with van der Waals surface area (Å²) < 4.78 is 2.85. The molecule has 1 amide bonds. The lowest BCUT2D eigenvalue weighted by molar-refractivity contribution is -0.117. The summed E-state index contributed by atoms with van der Waals surface area (Å²) in [5.74, 6) is -0.0280. The predicted molar refractivity (Wildman–Crippen MR) is 110 cm³/mol. The molecule has 0 saturated heterocycles. The lowest BCUT2D eigenvalue weighted by Crippen LogP contribution is -2.32. The van der Waals surface area contributed by atoms with E-state index >= 15 is 0 Å². The Morgan fingerprint density at radius 3 is 2.50 bits per heavy atom. The van der Waals surface area contributed by atoms with Crippen LogP contribution in [0.15, 0.2) is 61.2 Å². The highest BCUT2D eigenvalue weighted by molar-refractivity contribution is 14.1. The van der Waals surface area contributed by atoms with Crippen LogP contribution < -0.4 is 5.32 Å². The van der Waals surface area contributed by atoms with Gasteiger partial charge in [-0.2, -0.15) is 5.10 Å². The van der Waals surface area contributed by atoms with Crippen molar-refractivity contribution in [3.8, 4) is 5.69 Å². The maximum atomic E-state index is 12.3. The number of rotatable bonds is 6. The molecule has 0 aliphatic heterocycles. The summed E-state index contributed by atoms with van der Waals surface area (Å²) in [5.41, 5.74) is 2.91. The first kappa shape index (κ1) is 18.5. The zero-order valence-corrected chi connectivity index (χ0v) is 16.8. The van der Waals surface area contributed by atoms with Crippen LogP contribution in [0.25, 0.3) is 5.69 Å². The van der Waals surface area contributed by atoms with Crippen molar-refractivity contribution in [2.45, 2.75) is 13.0 Å². The van der Waals surface area contributed by atoms with Crippen molar-refractivity contribution in [1.82, 2.24) is 19.7 Å². The molecular weight excluding hydrogens is 441 g/mol. The van der Waals surface area contributed by atoms with Crippen LogP contribution in [0.3, 0.4) is 0 Å². The Bertz CT molecular complexity index is 847. The van der Waals surface area contributed by atoms with Gasteiger partial charge in [-0.15, -0.1) is 0 Å². The van der Waals surface area contributed by atoms with E-state index < -0.39 is 0 Å². The molecule has 0 unspecified atom stereocenters. The summed E-state index contributed by atoms with van der Waals surface area (Å²) in [6, 6.07) is 16.0. The number of amides is 1. The van der Waals surface area contributed by atoms with E-state index in [1.54, 1.807) is 11.0 Å². The molecule has 0 aliphatic carbocycles. The summed E-state index contributed by atoms with van der Waals surface area (Å²) in [4.78, 5) is 18.3. The van der Waals surface area contributed by atoms with Crippen molar-refractivity contribution < 1.29 is 4.79 Å². The second-order valence-electron chi connectivity index (χ2n) is 6.08. The smallest absolute Gasteiger partial charge is 0.238 e. The minimum Gasteiger partial charge on any atom is -0.325 e. The second-order valence-corrected chi connectivity index (χ2v) is 7.32. The van der Waals surface area contributed by atoms with E-state index in [0.717, 1.165) is 20.5 Å². The van der Waals surface area contributed by atoms with E-state index in [4.69, 9.17) is 0 Å². The molecule has 0 spiro atoms. The highest BCUT2D eigenvalue weighted by Crippen LogP contribution is 2.20. The molecule has 1 heterocycles. The van der Waals surface area contributed by atoms with E-state index in [2.05, 4.69) is 57.0 Å². The number of benzene rings is 2. The van der Waals surface area contributed by atoms with Crippen molar-refractivity contribution in [3.05, 3.63) is 70.3 Å². The van der Waals surface area contributed by atoms with Crippen molar-refractivity contribution in [3.63, 3.8) is 0 Å². The number of carbonyl (C=O) groups is 1. The average molecular weight is 461 g/mol. The molecule has 0 aliphatic rings. The van der Waals surface area contributed by atoms with E-state index in [1.807, 2.05) is 48.3 Å². The Balaban J connectivity index is 1.59. The van der Waals surface area contributed by atoms with Gasteiger partial charge in [0.05, 0.1) is 12.2 Å². The standard InChI is InChI=1S/C19H20IN5O/c1-14(15-3-9-18(10-4-15)25-13-21-12-22-25)24(2)11-19(26)23-17-7-5-16(20)6-8-17/h3-10,12-14H,11H2,1-2H3,(H,23,26)/t14-/m1/s1. The third-order valence-corrected chi connectivity index (χ3v) is 4.96. The number of nitrogens with zero attached hydrogens (tertiary/aromatic N) is 4. The van der Waals surface area contributed by atoms with Crippen LogP contribution in [0.2, 0.25) is 0 Å². The summed E-state index contributed by atoms with van der Waals surface area (Å²) in [6.07, 6.45) is 3.18. The van der Waals surface area contributed by atoms with Crippen molar-refractivity contribution in [2.75, 3.05) is 18.9 Å². The van der Waals surface area contributed by atoms with E-state index in [-0.39, 0.29) is 11.9 Å². The first-order valence-corrected chi connectivity index (χ1v) is 9.31. The zero-order valence-electron chi connectivity index (χ0n) is 14.6. The Hall–Kier alpha value is -2.26. The van der Waals surface area contributed by atoms with E-state index in [0.29, 0.717) is 6.54 Å². The van der Waals surface area contributed by atoms with Crippen LogP contribution in [0.1, 0.15) is 18.5 Å². The van der Waals surface area contributed by atoms with Gasteiger partial charge in [0.15, 0.2) is 0 Å². The lowest BCUT2D eigenvalue weighted by atomic mass is 10.1. The molecule has 7 heteroatoms. The molecular formula is C19H20IN5O. The number of nitrogens with one attached hydrogen (secondary N) is 1. The first-order chi connectivity index (χ1) is 12.5. The normalized spacial score (nSPS) is 12.2. The minimum absolute atomic E-state index is 0.0280. The number of hydrogen-bond donors (Lipinski definition) is 1. The highest BCUT2D eigenvalue weighted by Gasteiger charge is 2.15. The minimum atomic E-state index is -0.0280. The van der Waals surface area contributed by atoms with Gasteiger partial charge in [0.25, 0.3) is 0 Å². The number of halogens is 1. The van der Waals surface area contributed by atoms with E-state index in [1.165, 1.54) is 6.33 Å². The maximum absolute atomic E-state index is 12.3. The van der Waals surface area contributed by atoms with Crippen molar-refractivity contribution in [2.24, 2.45) is 0 Å². The van der Waals surface area contributed by atoms with Crippen LogP contribution in [0.4, 0.5) is 5.69 Å². The molecule has 0 saturated carbocycles. The molecule has 6 nitrogen and oxygen atoms in total. The second kappa shape index (κ2) is 8.41. The van der Waals surface area contributed by atoms with Crippen LogP contribution >= 0.6 is 22.6 Å². The molecule has 3 rings (SSSR count). The number of likely N-dealkylation sites (N-methyl/N-ethyl adjacent to an activating group) is 1. The number of carbonyl (C=O) groups excluding carboxylic acids is 1. The summed E-state index contributed by atoms with van der Waals surface area (Å²) >= 11 is 2.24. The third kappa shape index (κ3) is 4.67. The molecule has 1 N–H and O–H groups in total. The molecule has 0 fully saturated rings. The Morgan fingerprint density at radius 2 is 1.88 bits per heavy atom. The molecule has 1 atom stereocenters. The summed E-state index contributed by atoms with van der Waals surface area (Å²) in [6.45, 7) is 2.40. The van der Waals surface area contributed by atoms with Gasteiger partial charge >= 0.3 is 0 Å². The first-order valence-electron chi connectivity index (χ1n) is 8.23. The van der Waals surface area contributed by atoms with Crippen molar-refractivity contribution >= 4 is 34.2 Å². The fourth-order valence-corrected chi connectivity index (χ4v) is 2.96. The predicted octanol–water partition coefficient (Wildman–Crippen LogP) is 3.50. The van der Waals surface area contributed by atoms with Crippen LogP contribution in [-0.4, -0.2) is 39.2 Å². The molecule has 0 radical (unpaired) electrons. The largest absolute Gasteiger partial charge is 0.325 e. The van der Waals surface area contributed by atoms with E-state index in [9.17, 15) is 4.79 Å². The van der Waals surface area contributed by atoms with Crippen LogP contribution in [0.5, 0.6) is 0 Å².